The quantitative estimate of drug-likeness (QED) is 0.400. The molecule has 8 nitrogen and oxygen atoms in total. The number of sulfonamides is 1. The summed E-state index contributed by atoms with van der Waals surface area (Å²) in [5.41, 5.74) is 5.23. The molecule has 4 aromatic rings. The van der Waals surface area contributed by atoms with Gasteiger partial charge < -0.3 is 9.30 Å². The van der Waals surface area contributed by atoms with Gasteiger partial charge in [0.1, 0.15) is 11.3 Å². The van der Waals surface area contributed by atoms with Crippen molar-refractivity contribution in [3.63, 3.8) is 0 Å². The van der Waals surface area contributed by atoms with Crippen molar-refractivity contribution in [2.75, 3.05) is 6.61 Å². The minimum absolute atomic E-state index is 0.0112. The smallest absolute Gasteiger partial charge is 0.421 e. The van der Waals surface area contributed by atoms with E-state index in [9.17, 15) is 13.2 Å². The molecule has 1 amide bonds. The van der Waals surface area contributed by atoms with Gasteiger partial charge in [-0.05, 0) is 55.5 Å². The summed E-state index contributed by atoms with van der Waals surface area (Å²) >= 11 is 0. The topological polar surface area (TPSA) is 103 Å². The van der Waals surface area contributed by atoms with E-state index in [4.69, 9.17) is 9.72 Å². The highest BCUT2D eigenvalue weighted by Crippen LogP contribution is 2.41. The molecule has 180 valence electrons. The minimum Gasteiger partial charge on any atom is -0.449 e. The van der Waals surface area contributed by atoms with Gasteiger partial charge in [0.15, 0.2) is 5.65 Å². The van der Waals surface area contributed by atoms with Crippen LogP contribution in [0.4, 0.5) is 4.79 Å². The summed E-state index contributed by atoms with van der Waals surface area (Å²) in [6.45, 7) is 4.37. The number of aryl methyl sites for hydroxylation is 1. The molecule has 0 radical (unpaired) electrons. The Morgan fingerprint density at radius 3 is 2.57 bits per heavy atom. The van der Waals surface area contributed by atoms with Gasteiger partial charge in [0.25, 0.3) is 10.0 Å². The van der Waals surface area contributed by atoms with Crippen molar-refractivity contribution < 1.29 is 17.9 Å². The van der Waals surface area contributed by atoms with Crippen molar-refractivity contribution in [2.24, 2.45) is 0 Å². The Labute approximate surface area is 204 Å². The number of carbonyl (C=O) groups excluding carboxylic acids is 1. The van der Waals surface area contributed by atoms with E-state index in [0.717, 1.165) is 46.5 Å². The van der Waals surface area contributed by atoms with E-state index >= 15 is 0 Å². The maximum Gasteiger partial charge on any atom is 0.421 e. The molecular weight excluding hydrogens is 464 g/mol. The molecular formula is C26H26N4O4S. The van der Waals surface area contributed by atoms with E-state index in [0.29, 0.717) is 18.0 Å². The maximum atomic E-state index is 12.8. The van der Waals surface area contributed by atoms with Gasteiger partial charge in [-0.1, -0.05) is 42.5 Å². The fraction of sp³-hybridized carbons (Fsp3) is 0.269. The number of nitrogens with one attached hydrogen (secondary N) is 1. The first-order chi connectivity index (χ1) is 16.9. The Morgan fingerprint density at radius 1 is 1.11 bits per heavy atom. The van der Waals surface area contributed by atoms with Crippen molar-refractivity contribution in [2.45, 2.75) is 44.0 Å². The van der Waals surface area contributed by atoms with Crippen molar-refractivity contribution in [3.05, 3.63) is 77.7 Å². The SMILES string of the molecule is CCOC(=O)NS(=O)(=O)c1ccccc1-c1ccc(Cn2c(C3CC3)nc3c(C)ccnc32)cc1. The van der Waals surface area contributed by atoms with Gasteiger partial charge in [-0.2, -0.15) is 0 Å². The van der Waals surface area contributed by atoms with Gasteiger partial charge >= 0.3 is 6.09 Å². The predicted molar refractivity (Wildman–Crippen MR) is 133 cm³/mol. The van der Waals surface area contributed by atoms with Crippen molar-refractivity contribution >= 4 is 27.3 Å². The highest BCUT2D eigenvalue weighted by Gasteiger charge is 2.30. The van der Waals surface area contributed by atoms with E-state index in [1.54, 1.807) is 25.1 Å². The zero-order chi connectivity index (χ0) is 24.6. The lowest BCUT2D eigenvalue weighted by Crippen LogP contribution is -2.31. The number of nitrogens with zero attached hydrogens (tertiary/aromatic N) is 3. The van der Waals surface area contributed by atoms with Crippen LogP contribution in [0.1, 0.15) is 42.6 Å². The van der Waals surface area contributed by atoms with Crippen LogP contribution in [0.5, 0.6) is 0 Å². The molecule has 2 aromatic heterocycles. The summed E-state index contributed by atoms with van der Waals surface area (Å²) in [7, 11) is -4.09. The van der Waals surface area contributed by atoms with Crippen LogP contribution in [-0.2, 0) is 21.3 Å². The summed E-state index contributed by atoms with van der Waals surface area (Å²) in [5, 5.41) is 0. The third-order valence-corrected chi connectivity index (χ3v) is 7.45. The van der Waals surface area contributed by atoms with Crippen LogP contribution in [0.25, 0.3) is 22.3 Å². The summed E-state index contributed by atoms with van der Waals surface area (Å²) in [6, 6.07) is 16.3. The molecule has 1 N–H and O–H groups in total. The average Bonchev–Trinajstić information content (AvgIpc) is 3.62. The fourth-order valence-electron chi connectivity index (χ4n) is 4.20. The van der Waals surface area contributed by atoms with Gasteiger partial charge in [0.05, 0.1) is 18.0 Å². The van der Waals surface area contributed by atoms with Crippen molar-refractivity contribution in [1.82, 2.24) is 19.3 Å². The van der Waals surface area contributed by atoms with Crippen LogP contribution in [0.15, 0.2) is 65.7 Å². The van der Waals surface area contributed by atoms with Gasteiger partial charge in [-0.15, -0.1) is 0 Å². The second-order valence-electron chi connectivity index (χ2n) is 8.65. The molecule has 1 fully saturated rings. The van der Waals surface area contributed by atoms with Gasteiger partial charge in [0, 0.05) is 17.7 Å². The van der Waals surface area contributed by atoms with E-state index in [2.05, 4.69) is 16.5 Å². The third-order valence-electron chi connectivity index (χ3n) is 6.08. The first-order valence-electron chi connectivity index (χ1n) is 11.6. The number of pyridine rings is 1. The number of amides is 1. The zero-order valence-corrected chi connectivity index (χ0v) is 20.4. The summed E-state index contributed by atoms with van der Waals surface area (Å²) in [4.78, 5) is 21.3. The molecule has 2 heterocycles. The summed E-state index contributed by atoms with van der Waals surface area (Å²) in [5.74, 6) is 1.55. The van der Waals surface area contributed by atoms with Gasteiger partial charge in [0.2, 0.25) is 0 Å². The molecule has 1 aliphatic rings. The first-order valence-corrected chi connectivity index (χ1v) is 13.1. The van der Waals surface area contributed by atoms with E-state index in [1.807, 2.05) is 41.3 Å². The van der Waals surface area contributed by atoms with Crippen LogP contribution in [-0.4, -0.2) is 35.7 Å². The lowest BCUT2D eigenvalue weighted by molar-refractivity contribution is 0.158. The highest BCUT2D eigenvalue weighted by atomic mass is 32.2. The maximum absolute atomic E-state index is 12.8. The Hall–Kier alpha value is -3.72. The average molecular weight is 491 g/mol. The number of imidazole rings is 1. The van der Waals surface area contributed by atoms with Crippen LogP contribution < -0.4 is 4.72 Å². The van der Waals surface area contributed by atoms with E-state index < -0.39 is 16.1 Å². The monoisotopic (exact) mass is 490 g/mol. The number of carbonyl (C=O) groups is 1. The zero-order valence-electron chi connectivity index (χ0n) is 19.6. The summed E-state index contributed by atoms with van der Waals surface area (Å²) in [6.07, 6.45) is 3.11. The number of rotatable bonds is 7. The molecule has 9 heteroatoms. The fourth-order valence-corrected chi connectivity index (χ4v) is 5.32. The standard InChI is InChI=1S/C26H26N4O4S/c1-3-34-26(31)29-35(32,33)22-7-5-4-6-21(22)19-10-8-18(9-11-19)16-30-24(20-12-13-20)28-23-17(2)14-15-27-25(23)30/h4-11,14-15,20H,3,12-13,16H2,1-2H3,(H,29,31). The second kappa shape index (κ2) is 9.14. The molecule has 0 aliphatic heterocycles. The number of fused-ring (bicyclic) bond motifs is 1. The molecule has 0 unspecified atom stereocenters. The van der Waals surface area contributed by atoms with Crippen LogP contribution in [0, 0.1) is 6.92 Å². The van der Waals surface area contributed by atoms with Crippen molar-refractivity contribution in [3.8, 4) is 11.1 Å². The lowest BCUT2D eigenvalue weighted by atomic mass is 10.0. The Kier molecular flexibility index (Phi) is 6.02. The molecule has 1 saturated carbocycles. The molecule has 0 spiro atoms. The summed E-state index contributed by atoms with van der Waals surface area (Å²) < 4.78 is 34.5. The number of hydrogen-bond acceptors (Lipinski definition) is 6. The largest absolute Gasteiger partial charge is 0.449 e. The van der Waals surface area contributed by atoms with Gasteiger partial charge in [-0.25, -0.2) is 27.9 Å². The molecule has 35 heavy (non-hydrogen) atoms. The highest BCUT2D eigenvalue weighted by molar-refractivity contribution is 7.90. The van der Waals surface area contributed by atoms with Crippen LogP contribution in [0.3, 0.4) is 0 Å². The normalized spacial score (nSPS) is 13.7. The number of benzene rings is 2. The lowest BCUT2D eigenvalue weighted by Gasteiger charge is -2.13. The van der Waals surface area contributed by atoms with Gasteiger partial charge in [-0.3, -0.25) is 0 Å². The molecule has 0 saturated heterocycles. The van der Waals surface area contributed by atoms with Crippen LogP contribution >= 0.6 is 0 Å². The Bertz CT molecular complexity index is 1510. The van der Waals surface area contributed by atoms with E-state index in [-0.39, 0.29) is 11.5 Å². The second-order valence-corrected chi connectivity index (χ2v) is 10.3. The molecule has 0 bridgehead atoms. The number of aromatic nitrogens is 3. The molecule has 2 aromatic carbocycles. The molecule has 0 atom stereocenters. The Balaban J connectivity index is 1.45. The first kappa shape index (κ1) is 23.0. The number of hydrogen-bond donors (Lipinski definition) is 1. The molecule has 5 rings (SSSR count). The third kappa shape index (κ3) is 4.64. The number of ether oxygens (including phenoxy) is 1. The Morgan fingerprint density at radius 2 is 1.86 bits per heavy atom. The van der Waals surface area contributed by atoms with E-state index in [1.165, 1.54) is 6.07 Å². The van der Waals surface area contributed by atoms with Crippen LogP contribution in [0.2, 0.25) is 0 Å². The van der Waals surface area contributed by atoms with Crippen molar-refractivity contribution in [1.29, 1.82) is 0 Å². The molecule has 1 aliphatic carbocycles. The minimum atomic E-state index is -4.09. The predicted octanol–water partition coefficient (Wildman–Crippen LogP) is 4.77.